The predicted octanol–water partition coefficient (Wildman–Crippen LogP) is 5.45. The fourth-order valence-electron chi connectivity index (χ4n) is 7.25. The van der Waals surface area contributed by atoms with E-state index in [1.165, 1.54) is 16.7 Å². The molecule has 0 spiro atoms. The molecule has 0 bridgehead atoms. The summed E-state index contributed by atoms with van der Waals surface area (Å²) < 4.78 is 0. The third-order valence-corrected chi connectivity index (χ3v) is 9.35. The first-order valence-electron chi connectivity index (χ1n) is 10.2. The highest BCUT2D eigenvalue weighted by Gasteiger charge is 2.63. The van der Waals surface area contributed by atoms with Gasteiger partial charge in [-0.05, 0) is 87.3 Å². The van der Waals surface area contributed by atoms with Crippen molar-refractivity contribution in [1.82, 2.24) is 0 Å². The SMILES string of the molecule is CC(=O)[C@@]1(C)CCC2C3C=C(C)C4=CC(=O)C=C(C)C4(C)C3CCC21C. The second kappa shape index (κ2) is 5.30. The Kier molecular flexibility index (Phi) is 3.66. The molecule has 6 atom stereocenters. The van der Waals surface area contributed by atoms with Crippen LogP contribution >= 0.6 is 0 Å². The number of allylic oxidation sites excluding steroid dienone is 6. The lowest BCUT2D eigenvalue weighted by atomic mass is 9.45. The Bertz CT molecular complexity index is 797. The largest absolute Gasteiger partial charge is 0.299 e. The summed E-state index contributed by atoms with van der Waals surface area (Å²) in [6.45, 7) is 13.1. The first-order valence-corrected chi connectivity index (χ1v) is 10.2. The van der Waals surface area contributed by atoms with Crippen LogP contribution in [0.2, 0.25) is 0 Å². The zero-order valence-corrected chi connectivity index (χ0v) is 17.1. The molecular weight excluding hydrogens is 320 g/mol. The molecule has 0 aliphatic heterocycles. The van der Waals surface area contributed by atoms with Gasteiger partial charge < -0.3 is 0 Å². The van der Waals surface area contributed by atoms with Gasteiger partial charge in [-0.2, -0.15) is 0 Å². The Morgan fingerprint density at radius 3 is 2.35 bits per heavy atom. The highest BCUT2D eigenvalue weighted by atomic mass is 16.1. The van der Waals surface area contributed by atoms with Crippen molar-refractivity contribution in [2.45, 2.75) is 67.2 Å². The molecule has 4 aliphatic carbocycles. The molecule has 0 amide bonds. The highest BCUT2D eigenvalue weighted by Crippen LogP contribution is 2.69. The monoisotopic (exact) mass is 352 g/mol. The molecule has 140 valence electrons. The smallest absolute Gasteiger partial charge is 0.178 e. The summed E-state index contributed by atoms with van der Waals surface area (Å²) in [6.07, 6.45) is 10.6. The molecule has 0 heterocycles. The van der Waals surface area contributed by atoms with E-state index in [0.29, 0.717) is 23.5 Å². The molecule has 4 rings (SSSR count). The maximum Gasteiger partial charge on any atom is 0.178 e. The van der Waals surface area contributed by atoms with E-state index in [1.54, 1.807) is 6.92 Å². The van der Waals surface area contributed by atoms with Gasteiger partial charge in [0.15, 0.2) is 5.78 Å². The van der Waals surface area contributed by atoms with Crippen molar-refractivity contribution in [3.05, 3.63) is 34.9 Å². The van der Waals surface area contributed by atoms with Crippen LogP contribution in [0.1, 0.15) is 67.2 Å². The van der Waals surface area contributed by atoms with E-state index < -0.39 is 0 Å². The lowest BCUT2D eigenvalue weighted by Crippen LogP contribution is -2.52. The number of rotatable bonds is 1. The van der Waals surface area contributed by atoms with Gasteiger partial charge in [0.25, 0.3) is 0 Å². The molecule has 0 N–H and O–H groups in total. The number of hydrogen-bond acceptors (Lipinski definition) is 2. The van der Waals surface area contributed by atoms with E-state index in [0.717, 1.165) is 25.7 Å². The fraction of sp³-hybridized carbons (Fsp3) is 0.667. The standard InChI is InChI=1S/C24H32O2/c1-14-11-18-19-7-9-22(4,16(3)25)23(19,5)10-8-20(18)24(6)15(2)12-17(26)13-21(14)24/h11-13,18-20H,7-10H2,1-6H3/t18?,19?,20?,22-,23?,24?/m1/s1. The van der Waals surface area contributed by atoms with Crippen molar-refractivity contribution in [2.75, 3.05) is 0 Å². The molecule has 0 radical (unpaired) electrons. The second-order valence-electron chi connectivity index (χ2n) is 10.0. The number of fused-ring (bicyclic) bond motifs is 5. The van der Waals surface area contributed by atoms with Crippen LogP contribution in [0, 0.1) is 34.0 Å². The minimum absolute atomic E-state index is 0.0338. The molecule has 2 fully saturated rings. The highest BCUT2D eigenvalue weighted by molar-refractivity contribution is 6.02. The zero-order valence-electron chi connectivity index (χ0n) is 17.1. The van der Waals surface area contributed by atoms with Gasteiger partial charge in [0.1, 0.15) is 5.78 Å². The molecule has 26 heavy (non-hydrogen) atoms. The number of carbonyl (C=O) groups is 2. The molecule has 2 nitrogen and oxygen atoms in total. The summed E-state index contributed by atoms with van der Waals surface area (Å²) in [6, 6.07) is 0. The van der Waals surface area contributed by atoms with Crippen molar-refractivity contribution < 1.29 is 9.59 Å². The van der Waals surface area contributed by atoms with E-state index in [-0.39, 0.29) is 22.0 Å². The normalized spacial score (nSPS) is 47.2. The van der Waals surface area contributed by atoms with Crippen molar-refractivity contribution in [3.8, 4) is 0 Å². The van der Waals surface area contributed by atoms with Gasteiger partial charge in [0.2, 0.25) is 0 Å². The van der Waals surface area contributed by atoms with Crippen molar-refractivity contribution in [1.29, 1.82) is 0 Å². The summed E-state index contributed by atoms with van der Waals surface area (Å²) in [4.78, 5) is 24.7. The number of hydrogen-bond donors (Lipinski definition) is 0. The quantitative estimate of drug-likeness (QED) is 0.629. The van der Waals surface area contributed by atoms with Gasteiger partial charge >= 0.3 is 0 Å². The van der Waals surface area contributed by atoms with Crippen molar-refractivity contribution >= 4 is 11.6 Å². The van der Waals surface area contributed by atoms with Crippen LogP contribution in [0.5, 0.6) is 0 Å². The topological polar surface area (TPSA) is 34.1 Å². The maximum atomic E-state index is 12.6. The van der Waals surface area contributed by atoms with E-state index >= 15 is 0 Å². The number of ketones is 2. The molecule has 2 heteroatoms. The Morgan fingerprint density at radius 1 is 1.04 bits per heavy atom. The summed E-state index contributed by atoms with van der Waals surface area (Å²) >= 11 is 0. The van der Waals surface area contributed by atoms with E-state index in [9.17, 15) is 9.59 Å². The third-order valence-electron chi connectivity index (χ3n) is 9.35. The van der Waals surface area contributed by atoms with Gasteiger partial charge in [-0.15, -0.1) is 0 Å². The second-order valence-corrected chi connectivity index (χ2v) is 10.0. The minimum atomic E-state index is -0.186. The van der Waals surface area contributed by atoms with E-state index in [4.69, 9.17) is 0 Å². The number of Topliss-reactive ketones (excluding diaryl/α,β-unsaturated/α-hetero) is 1. The average Bonchev–Trinajstić information content (AvgIpc) is 2.83. The first kappa shape index (κ1) is 17.9. The molecule has 0 saturated heterocycles. The molecule has 4 aliphatic rings. The van der Waals surface area contributed by atoms with Gasteiger partial charge in [-0.3, -0.25) is 9.59 Å². The Hall–Kier alpha value is -1.44. The summed E-state index contributed by atoms with van der Waals surface area (Å²) in [7, 11) is 0. The molecular formula is C24H32O2. The van der Waals surface area contributed by atoms with Crippen LogP contribution in [0.4, 0.5) is 0 Å². The van der Waals surface area contributed by atoms with E-state index in [1.807, 2.05) is 12.2 Å². The van der Waals surface area contributed by atoms with Crippen LogP contribution < -0.4 is 0 Å². The molecule has 2 saturated carbocycles. The van der Waals surface area contributed by atoms with Gasteiger partial charge in [-0.25, -0.2) is 0 Å². The average molecular weight is 353 g/mol. The summed E-state index contributed by atoms with van der Waals surface area (Å²) in [5, 5.41) is 0. The Labute approximate surface area is 157 Å². The minimum Gasteiger partial charge on any atom is -0.299 e. The Balaban J connectivity index is 1.84. The molecule has 5 unspecified atom stereocenters. The fourth-order valence-corrected chi connectivity index (χ4v) is 7.25. The van der Waals surface area contributed by atoms with Crippen LogP contribution in [-0.4, -0.2) is 11.6 Å². The van der Waals surface area contributed by atoms with Crippen LogP contribution in [0.25, 0.3) is 0 Å². The lowest BCUT2D eigenvalue weighted by molar-refractivity contribution is -0.136. The molecule has 0 aromatic carbocycles. The van der Waals surface area contributed by atoms with E-state index in [2.05, 4.69) is 40.7 Å². The first-order chi connectivity index (χ1) is 12.1. The molecule has 0 aromatic rings. The predicted molar refractivity (Wildman–Crippen MR) is 105 cm³/mol. The van der Waals surface area contributed by atoms with Crippen molar-refractivity contribution in [2.24, 2.45) is 34.0 Å². The van der Waals surface area contributed by atoms with Crippen molar-refractivity contribution in [3.63, 3.8) is 0 Å². The maximum absolute atomic E-state index is 12.6. The van der Waals surface area contributed by atoms with Gasteiger partial charge in [-0.1, -0.05) is 38.0 Å². The molecule has 0 aromatic heterocycles. The Morgan fingerprint density at radius 2 is 1.69 bits per heavy atom. The summed E-state index contributed by atoms with van der Waals surface area (Å²) in [5.41, 5.74) is 3.60. The summed E-state index contributed by atoms with van der Waals surface area (Å²) in [5.74, 6) is 2.10. The van der Waals surface area contributed by atoms with Crippen LogP contribution in [0.3, 0.4) is 0 Å². The zero-order chi connectivity index (χ0) is 19.1. The van der Waals surface area contributed by atoms with Gasteiger partial charge in [0.05, 0.1) is 0 Å². The number of carbonyl (C=O) groups excluding carboxylic acids is 2. The lowest BCUT2D eigenvalue weighted by Gasteiger charge is -2.58. The van der Waals surface area contributed by atoms with Crippen LogP contribution in [-0.2, 0) is 9.59 Å². The third kappa shape index (κ3) is 1.94. The van der Waals surface area contributed by atoms with Crippen LogP contribution in [0.15, 0.2) is 34.9 Å². The van der Waals surface area contributed by atoms with Gasteiger partial charge in [0, 0.05) is 10.8 Å².